The molecule has 0 saturated carbocycles. The molecule has 0 amide bonds. The van der Waals surface area contributed by atoms with Crippen molar-refractivity contribution in [3.05, 3.63) is 146 Å². The lowest BCUT2D eigenvalue weighted by molar-refractivity contribution is 0.442. The van der Waals surface area contributed by atoms with Crippen LogP contribution in [-0.2, 0) is 0 Å². The Morgan fingerprint density at radius 3 is 1.67 bits per heavy atom. The molecule has 10 aromatic rings. The molecule has 46 heavy (non-hydrogen) atoms. The van der Waals surface area contributed by atoms with Gasteiger partial charge in [-0.05, 0) is 60.7 Å². The Kier molecular flexibility index (Phi) is 5.19. The van der Waals surface area contributed by atoms with Gasteiger partial charge in [0.2, 0.25) is 0 Å². The van der Waals surface area contributed by atoms with Crippen LogP contribution in [0.1, 0.15) is 0 Å². The van der Waals surface area contributed by atoms with Gasteiger partial charge in [-0.1, -0.05) is 72.8 Å². The molecular formula is C40H24N4O2. The maximum Gasteiger partial charge on any atom is 0.322 e. The lowest BCUT2D eigenvalue weighted by Gasteiger charge is -2.10. The third-order valence-electron chi connectivity index (χ3n) is 8.92. The molecule has 0 atom stereocenters. The second kappa shape index (κ2) is 9.55. The van der Waals surface area contributed by atoms with Crippen molar-refractivity contribution in [1.29, 1.82) is 0 Å². The first-order valence-corrected chi connectivity index (χ1v) is 15.2. The fraction of sp³-hybridized carbons (Fsp3) is 0. The molecule has 0 N–H and O–H groups in total. The molecule has 0 unspecified atom stereocenters. The van der Waals surface area contributed by atoms with Crippen molar-refractivity contribution in [1.82, 2.24) is 19.1 Å². The minimum Gasteiger partial charge on any atom is -0.456 e. The topological polar surface area (TPSA) is 58.0 Å². The molecule has 6 nitrogen and oxygen atoms in total. The van der Waals surface area contributed by atoms with E-state index in [-0.39, 0.29) is 6.01 Å². The molecule has 4 heterocycles. The normalized spacial score (nSPS) is 11.9. The number of para-hydroxylation sites is 4. The van der Waals surface area contributed by atoms with Crippen LogP contribution in [0.2, 0.25) is 0 Å². The van der Waals surface area contributed by atoms with E-state index in [4.69, 9.17) is 9.15 Å². The van der Waals surface area contributed by atoms with Gasteiger partial charge in [0.05, 0.1) is 40.1 Å². The van der Waals surface area contributed by atoms with Crippen LogP contribution in [0.25, 0.3) is 76.9 Å². The van der Waals surface area contributed by atoms with Crippen molar-refractivity contribution in [3.63, 3.8) is 0 Å². The predicted molar refractivity (Wildman–Crippen MR) is 185 cm³/mol. The van der Waals surface area contributed by atoms with Crippen molar-refractivity contribution >= 4 is 65.6 Å². The Morgan fingerprint density at radius 2 is 0.978 bits per heavy atom. The smallest absolute Gasteiger partial charge is 0.322 e. The summed E-state index contributed by atoms with van der Waals surface area (Å²) < 4.78 is 16.6. The summed E-state index contributed by atoms with van der Waals surface area (Å²) in [6, 6.07) is 46.4. The van der Waals surface area contributed by atoms with Gasteiger partial charge in [0.1, 0.15) is 16.9 Å². The fourth-order valence-electron chi connectivity index (χ4n) is 6.93. The minimum atomic E-state index is 0.283. The second-order valence-corrected chi connectivity index (χ2v) is 11.5. The van der Waals surface area contributed by atoms with Crippen LogP contribution in [-0.4, -0.2) is 19.1 Å². The highest BCUT2D eigenvalue weighted by Gasteiger charge is 2.17. The molecule has 0 bridgehead atoms. The van der Waals surface area contributed by atoms with Crippen LogP contribution in [0, 0.1) is 0 Å². The second-order valence-electron chi connectivity index (χ2n) is 11.5. The summed E-state index contributed by atoms with van der Waals surface area (Å²) in [5.74, 6) is 0.654. The largest absolute Gasteiger partial charge is 0.456 e. The number of nitrogens with zero attached hydrogens (tertiary/aromatic N) is 4. The van der Waals surface area contributed by atoms with Crippen LogP contribution < -0.4 is 4.74 Å². The van der Waals surface area contributed by atoms with Crippen LogP contribution in [0.5, 0.6) is 11.8 Å². The van der Waals surface area contributed by atoms with Crippen LogP contribution >= 0.6 is 0 Å². The molecule has 4 aromatic heterocycles. The lowest BCUT2D eigenvalue weighted by Crippen LogP contribution is -1.98. The Balaban J connectivity index is 1.07. The number of aromatic nitrogens is 4. The van der Waals surface area contributed by atoms with Gasteiger partial charge in [0.15, 0.2) is 0 Å². The van der Waals surface area contributed by atoms with Crippen LogP contribution in [0.4, 0.5) is 0 Å². The molecule has 6 aromatic carbocycles. The Labute approximate surface area is 262 Å². The molecule has 0 fully saturated rings. The Hall–Kier alpha value is -6.40. The molecule has 10 rings (SSSR count). The number of furan rings is 1. The van der Waals surface area contributed by atoms with Crippen molar-refractivity contribution < 1.29 is 9.15 Å². The maximum absolute atomic E-state index is 6.10. The Bertz CT molecular complexity index is 2730. The maximum atomic E-state index is 6.10. The van der Waals surface area contributed by atoms with Crippen molar-refractivity contribution in [2.45, 2.75) is 0 Å². The van der Waals surface area contributed by atoms with E-state index >= 15 is 0 Å². The minimum absolute atomic E-state index is 0.283. The molecule has 0 saturated heterocycles. The zero-order valence-electron chi connectivity index (χ0n) is 24.5. The molecule has 216 valence electrons. The average molecular weight is 593 g/mol. The highest BCUT2D eigenvalue weighted by Crippen LogP contribution is 2.37. The first kappa shape index (κ1) is 25.0. The summed E-state index contributed by atoms with van der Waals surface area (Å²) in [4.78, 5) is 9.24. The van der Waals surface area contributed by atoms with E-state index in [9.17, 15) is 0 Å². The zero-order valence-corrected chi connectivity index (χ0v) is 24.5. The molecule has 0 radical (unpaired) electrons. The van der Waals surface area contributed by atoms with E-state index in [2.05, 4.69) is 110 Å². The summed E-state index contributed by atoms with van der Waals surface area (Å²) >= 11 is 0. The van der Waals surface area contributed by atoms with Gasteiger partial charge < -0.3 is 18.3 Å². The predicted octanol–water partition coefficient (Wildman–Crippen LogP) is 10.4. The van der Waals surface area contributed by atoms with Gasteiger partial charge in [0.25, 0.3) is 0 Å². The number of rotatable bonds is 4. The highest BCUT2D eigenvalue weighted by molar-refractivity contribution is 6.12. The molecular weight excluding hydrogens is 568 g/mol. The van der Waals surface area contributed by atoms with Gasteiger partial charge in [-0.3, -0.25) is 0 Å². The standard InChI is InChI=1S/C40H24N4O2/c1-5-13-34-28(9-1)29-10-2-6-14-35(29)43(34)25-17-19-37-32(21-25)30-11-3-7-15-36(30)44(37)26-23-41-40(42-24-26)45-27-18-20-39-33(22-27)31-12-4-8-16-38(31)46-39/h1-24H. The first-order valence-electron chi connectivity index (χ1n) is 15.2. The summed E-state index contributed by atoms with van der Waals surface area (Å²) in [5, 5.41) is 6.87. The van der Waals surface area contributed by atoms with Gasteiger partial charge >= 0.3 is 6.01 Å². The SMILES string of the molecule is c1ccc2c(c1)oc1ccc(Oc3ncc(-n4c5ccccc5c5cc(-n6c7ccccc7c7ccccc76)ccc54)cn3)cc12. The van der Waals surface area contributed by atoms with Crippen molar-refractivity contribution in [2.24, 2.45) is 0 Å². The lowest BCUT2D eigenvalue weighted by atomic mass is 10.1. The summed E-state index contributed by atoms with van der Waals surface area (Å²) in [5.41, 5.74) is 8.20. The van der Waals surface area contributed by atoms with Crippen LogP contribution in [0.15, 0.2) is 150 Å². The van der Waals surface area contributed by atoms with Crippen molar-refractivity contribution in [2.75, 3.05) is 0 Å². The van der Waals surface area contributed by atoms with Gasteiger partial charge in [0, 0.05) is 38.0 Å². The number of fused-ring (bicyclic) bond motifs is 9. The van der Waals surface area contributed by atoms with Gasteiger partial charge in [-0.2, -0.15) is 0 Å². The quantitative estimate of drug-likeness (QED) is 0.204. The average Bonchev–Trinajstić information content (AvgIpc) is 3.76. The highest BCUT2D eigenvalue weighted by atomic mass is 16.5. The van der Waals surface area contributed by atoms with E-state index in [1.54, 1.807) is 0 Å². The summed E-state index contributed by atoms with van der Waals surface area (Å²) in [7, 11) is 0. The van der Waals surface area contributed by atoms with E-state index in [1.807, 2.05) is 54.9 Å². The van der Waals surface area contributed by atoms with Crippen LogP contribution in [0.3, 0.4) is 0 Å². The number of hydrogen-bond donors (Lipinski definition) is 0. The first-order chi connectivity index (χ1) is 22.8. The Morgan fingerprint density at radius 1 is 0.435 bits per heavy atom. The molecule has 6 heteroatoms. The third kappa shape index (κ3) is 3.64. The number of benzene rings is 6. The molecule has 0 aliphatic rings. The van der Waals surface area contributed by atoms with E-state index in [0.29, 0.717) is 5.75 Å². The van der Waals surface area contributed by atoms with E-state index in [1.165, 1.54) is 27.2 Å². The fourth-order valence-corrected chi connectivity index (χ4v) is 6.93. The number of hydrogen-bond acceptors (Lipinski definition) is 4. The molecule has 0 aliphatic carbocycles. The van der Waals surface area contributed by atoms with E-state index in [0.717, 1.165) is 49.7 Å². The van der Waals surface area contributed by atoms with E-state index < -0.39 is 0 Å². The van der Waals surface area contributed by atoms with Gasteiger partial charge in [-0.15, -0.1) is 0 Å². The van der Waals surface area contributed by atoms with Crippen molar-refractivity contribution in [3.8, 4) is 23.1 Å². The summed E-state index contributed by atoms with van der Waals surface area (Å²) in [6.45, 7) is 0. The molecule has 0 aliphatic heterocycles. The third-order valence-corrected chi connectivity index (χ3v) is 8.92. The van der Waals surface area contributed by atoms with Gasteiger partial charge in [-0.25, -0.2) is 9.97 Å². The monoisotopic (exact) mass is 592 g/mol. The zero-order chi connectivity index (χ0) is 30.2. The number of ether oxygens (including phenoxy) is 1. The molecule has 0 spiro atoms. The summed E-state index contributed by atoms with van der Waals surface area (Å²) in [6.07, 6.45) is 3.64.